The molecule has 0 aliphatic rings. The van der Waals surface area contributed by atoms with Gasteiger partial charge in [0.1, 0.15) is 11.4 Å². The molecule has 1 aromatic carbocycles. The number of carbonyl (C=O) groups is 1. The third-order valence-electron chi connectivity index (χ3n) is 3.38. The Morgan fingerprint density at radius 1 is 1.29 bits per heavy atom. The number of rotatable bonds is 4. The van der Waals surface area contributed by atoms with Crippen LogP contribution in [0.4, 0.5) is 11.5 Å². The number of hydrogen-bond acceptors (Lipinski definition) is 6. The van der Waals surface area contributed by atoms with Gasteiger partial charge in [-0.2, -0.15) is 0 Å². The number of phenolic OH excluding ortho intramolecular Hbond substituents is 1. The van der Waals surface area contributed by atoms with Crippen LogP contribution in [0.5, 0.6) is 5.75 Å². The van der Waals surface area contributed by atoms with Crippen molar-refractivity contribution in [3.8, 4) is 5.75 Å². The maximum absolute atomic E-state index is 12.2. The number of azo groups is 1. The lowest BCUT2D eigenvalue weighted by Gasteiger charge is -2.00. The summed E-state index contributed by atoms with van der Waals surface area (Å²) in [5, 5.41) is 17.8. The molecule has 0 atom stereocenters. The Morgan fingerprint density at radius 3 is 2.88 bits per heavy atom. The number of esters is 1. The molecule has 0 fully saturated rings. The second-order valence-electron chi connectivity index (χ2n) is 5.11. The van der Waals surface area contributed by atoms with Crippen molar-refractivity contribution in [2.24, 2.45) is 10.2 Å². The van der Waals surface area contributed by atoms with Crippen molar-refractivity contribution in [1.29, 1.82) is 0 Å². The second kappa shape index (κ2) is 6.49. The SMILES string of the molecule is CCOC(=O)c1nc2c(C)cccn2c1N=Nc1cccc(O)c1. The fraction of sp³-hybridized carbons (Fsp3) is 0.176. The van der Waals surface area contributed by atoms with Crippen molar-refractivity contribution in [2.75, 3.05) is 6.61 Å². The monoisotopic (exact) mass is 324 g/mol. The normalized spacial score (nSPS) is 11.2. The molecular weight excluding hydrogens is 308 g/mol. The minimum atomic E-state index is -0.551. The lowest BCUT2D eigenvalue weighted by atomic mass is 10.3. The van der Waals surface area contributed by atoms with Crippen molar-refractivity contribution < 1.29 is 14.6 Å². The predicted molar refractivity (Wildman–Crippen MR) is 88.2 cm³/mol. The maximum Gasteiger partial charge on any atom is 0.360 e. The summed E-state index contributed by atoms with van der Waals surface area (Å²) in [6.07, 6.45) is 1.76. The average molecular weight is 324 g/mol. The molecule has 122 valence electrons. The van der Waals surface area contributed by atoms with Crippen molar-refractivity contribution in [2.45, 2.75) is 13.8 Å². The van der Waals surface area contributed by atoms with E-state index < -0.39 is 5.97 Å². The maximum atomic E-state index is 12.2. The zero-order chi connectivity index (χ0) is 17.1. The van der Waals surface area contributed by atoms with E-state index in [-0.39, 0.29) is 23.9 Å². The van der Waals surface area contributed by atoms with Crippen molar-refractivity contribution in [3.05, 3.63) is 53.9 Å². The Kier molecular flexibility index (Phi) is 4.24. The van der Waals surface area contributed by atoms with Crippen LogP contribution in [0.15, 0.2) is 52.8 Å². The molecule has 3 rings (SSSR count). The topological polar surface area (TPSA) is 88.5 Å². The van der Waals surface area contributed by atoms with Crippen LogP contribution in [0.25, 0.3) is 5.65 Å². The van der Waals surface area contributed by atoms with Gasteiger partial charge in [-0.15, -0.1) is 10.2 Å². The quantitative estimate of drug-likeness (QED) is 0.581. The Labute approximate surface area is 138 Å². The Morgan fingerprint density at radius 2 is 2.12 bits per heavy atom. The standard InChI is InChI=1S/C17H16N4O3/c1-3-24-17(23)14-16(20-19-12-7-4-8-13(22)10-12)21-9-5-6-11(2)15(21)18-14/h4-10,22H,3H2,1-2H3. The van der Waals surface area contributed by atoms with Crippen LogP contribution in [-0.2, 0) is 4.74 Å². The molecule has 0 spiro atoms. The number of aromatic nitrogens is 2. The van der Waals surface area contributed by atoms with Gasteiger partial charge in [0.05, 0.1) is 12.3 Å². The molecule has 2 aromatic heterocycles. The highest BCUT2D eigenvalue weighted by Crippen LogP contribution is 2.27. The summed E-state index contributed by atoms with van der Waals surface area (Å²) in [5.41, 5.74) is 2.09. The lowest BCUT2D eigenvalue weighted by molar-refractivity contribution is 0.0521. The Balaban J connectivity index is 2.12. The molecule has 0 unspecified atom stereocenters. The van der Waals surface area contributed by atoms with E-state index >= 15 is 0 Å². The van der Waals surface area contributed by atoms with Gasteiger partial charge in [-0.25, -0.2) is 9.78 Å². The third kappa shape index (κ3) is 2.96. The number of imidazole rings is 1. The summed E-state index contributed by atoms with van der Waals surface area (Å²) in [6, 6.07) is 10.1. The summed E-state index contributed by atoms with van der Waals surface area (Å²) in [6.45, 7) is 3.87. The van der Waals surface area contributed by atoms with Crippen LogP contribution in [0, 0.1) is 6.92 Å². The third-order valence-corrected chi connectivity index (χ3v) is 3.38. The summed E-state index contributed by atoms with van der Waals surface area (Å²) in [7, 11) is 0. The van der Waals surface area contributed by atoms with Gasteiger partial charge in [0.2, 0.25) is 0 Å². The first-order chi connectivity index (χ1) is 11.6. The fourth-order valence-corrected chi connectivity index (χ4v) is 2.28. The molecular formula is C17H16N4O3. The van der Waals surface area contributed by atoms with Crippen molar-refractivity contribution in [1.82, 2.24) is 9.38 Å². The largest absolute Gasteiger partial charge is 0.508 e. The second-order valence-corrected chi connectivity index (χ2v) is 5.11. The van der Waals surface area contributed by atoms with Crippen molar-refractivity contribution in [3.63, 3.8) is 0 Å². The average Bonchev–Trinajstić information content (AvgIpc) is 2.93. The zero-order valence-corrected chi connectivity index (χ0v) is 13.3. The molecule has 0 radical (unpaired) electrons. The molecule has 0 aliphatic heterocycles. The number of ether oxygens (including phenoxy) is 1. The van der Waals surface area contributed by atoms with Crippen LogP contribution in [0.2, 0.25) is 0 Å². The minimum Gasteiger partial charge on any atom is -0.508 e. The molecule has 1 N–H and O–H groups in total. The first kappa shape index (κ1) is 15.7. The van der Waals surface area contributed by atoms with Gasteiger partial charge in [0.25, 0.3) is 0 Å². The van der Waals surface area contributed by atoms with E-state index in [9.17, 15) is 9.90 Å². The first-order valence-electron chi connectivity index (χ1n) is 7.45. The number of aryl methyl sites for hydroxylation is 1. The summed E-state index contributed by atoms with van der Waals surface area (Å²) >= 11 is 0. The fourth-order valence-electron chi connectivity index (χ4n) is 2.28. The van der Waals surface area contributed by atoms with E-state index in [0.717, 1.165) is 5.56 Å². The van der Waals surface area contributed by atoms with Crippen LogP contribution in [0.1, 0.15) is 23.0 Å². The number of fused-ring (bicyclic) bond motifs is 1. The molecule has 0 saturated carbocycles. The molecule has 24 heavy (non-hydrogen) atoms. The van der Waals surface area contributed by atoms with Crippen molar-refractivity contribution >= 4 is 23.1 Å². The van der Waals surface area contributed by atoms with Crippen LogP contribution >= 0.6 is 0 Å². The molecule has 7 heteroatoms. The zero-order valence-electron chi connectivity index (χ0n) is 13.3. The number of benzene rings is 1. The number of nitrogens with zero attached hydrogens (tertiary/aromatic N) is 4. The Bertz CT molecular complexity index is 931. The lowest BCUT2D eigenvalue weighted by Crippen LogP contribution is -2.05. The van der Waals surface area contributed by atoms with Gasteiger partial charge in [-0.3, -0.25) is 4.40 Å². The highest BCUT2D eigenvalue weighted by atomic mass is 16.5. The van der Waals surface area contributed by atoms with Gasteiger partial charge < -0.3 is 9.84 Å². The molecule has 3 aromatic rings. The number of aromatic hydroxyl groups is 1. The predicted octanol–water partition coefficient (Wildman–Crippen LogP) is 3.94. The molecule has 2 heterocycles. The van der Waals surface area contributed by atoms with Gasteiger partial charge in [-0.05, 0) is 37.6 Å². The van der Waals surface area contributed by atoms with E-state index in [1.165, 1.54) is 6.07 Å². The Hall–Kier alpha value is -3.22. The molecule has 0 saturated heterocycles. The van der Waals surface area contributed by atoms with E-state index in [1.54, 1.807) is 35.7 Å². The molecule has 0 aliphatic carbocycles. The smallest absolute Gasteiger partial charge is 0.360 e. The van der Waals surface area contributed by atoms with Crippen LogP contribution in [-0.4, -0.2) is 27.1 Å². The molecule has 0 amide bonds. The summed E-state index contributed by atoms with van der Waals surface area (Å²) in [5.74, 6) is -0.174. The summed E-state index contributed by atoms with van der Waals surface area (Å²) < 4.78 is 6.74. The minimum absolute atomic E-state index is 0.0889. The van der Waals surface area contributed by atoms with Gasteiger partial charge in [-0.1, -0.05) is 12.1 Å². The number of pyridine rings is 1. The first-order valence-corrected chi connectivity index (χ1v) is 7.45. The van der Waals surface area contributed by atoms with E-state index in [1.807, 2.05) is 19.1 Å². The summed E-state index contributed by atoms with van der Waals surface area (Å²) in [4.78, 5) is 16.5. The van der Waals surface area contributed by atoms with Gasteiger partial charge in [0.15, 0.2) is 11.5 Å². The van der Waals surface area contributed by atoms with Crippen LogP contribution < -0.4 is 0 Å². The highest BCUT2D eigenvalue weighted by molar-refractivity contribution is 5.93. The van der Waals surface area contributed by atoms with Gasteiger partial charge in [0, 0.05) is 12.3 Å². The molecule has 7 nitrogen and oxygen atoms in total. The van der Waals surface area contributed by atoms with Crippen LogP contribution in [0.3, 0.4) is 0 Å². The van der Waals surface area contributed by atoms with E-state index in [2.05, 4.69) is 15.2 Å². The van der Waals surface area contributed by atoms with E-state index in [0.29, 0.717) is 11.3 Å². The number of hydrogen-bond donors (Lipinski definition) is 1. The molecule has 0 bridgehead atoms. The van der Waals surface area contributed by atoms with Gasteiger partial charge >= 0.3 is 5.97 Å². The highest BCUT2D eigenvalue weighted by Gasteiger charge is 2.21. The number of phenols is 1. The van der Waals surface area contributed by atoms with E-state index in [4.69, 9.17) is 4.74 Å². The number of carbonyl (C=O) groups excluding carboxylic acids is 1.